The van der Waals surface area contributed by atoms with E-state index in [0.29, 0.717) is 18.0 Å². The SMILES string of the molecule is Cc1c(C)c2c(c(C)c1O)CCC(C)(CCOc1ccc(N(N)C(=N)N)cc1)O2.I. The lowest BCUT2D eigenvalue weighted by Gasteiger charge is -2.38. The number of phenolic OH excluding ortho intramolecular Hbond substituents is 1. The molecule has 1 atom stereocenters. The molecule has 0 fully saturated rings. The molecule has 0 amide bonds. The third-order valence-corrected chi connectivity index (χ3v) is 5.87. The van der Waals surface area contributed by atoms with Crippen molar-refractivity contribution in [1.29, 1.82) is 5.41 Å². The molecule has 6 N–H and O–H groups in total. The van der Waals surface area contributed by atoms with Crippen molar-refractivity contribution in [2.45, 2.75) is 52.6 Å². The summed E-state index contributed by atoms with van der Waals surface area (Å²) < 4.78 is 12.3. The summed E-state index contributed by atoms with van der Waals surface area (Å²) in [6, 6.07) is 7.12. The number of hydrogen-bond acceptors (Lipinski definition) is 5. The number of nitrogens with zero attached hydrogens (tertiary/aromatic N) is 1. The van der Waals surface area contributed by atoms with Gasteiger partial charge in [-0.15, -0.1) is 24.0 Å². The summed E-state index contributed by atoms with van der Waals surface area (Å²) in [6.07, 6.45) is 2.48. The fourth-order valence-electron chi connectivity index (χ4n) is 3.70. The van der Waals surface area contributed by atoms with Crippen LogP contribution in [0.2, 0.25) is 0 Å². The summed E-state index contributed by atoms with van der Waals surface area (Å²) >= 11 is 0. The van der Waals surface area contributed by atoms with Gasteiger partial charge >= 0.3 is 0 Å². The third kappa shape index (κ3) is 4.75. The lowest BCUT2D eigenvalue weighted by atomic mass is 9.86. The number of fused-ring (bicyclic) bond motifs is 1. The molecule has 0 saturated carbocycles. The molecular weight excluding hydrogens is 495 g/mol. The Morgan fingerprint density at radius 3 is 2.43 bits per heavy atom. The highest BCUT2D eigenvalue weighted by Crippen LogP contribution is 2.44. The van der Waals surface area contributed by atoms with E-state index in [9.17, 15) is 5.11 Å². The van der Waals surface area contributed by atoms with Crippen molar-refractivity contribution in [2.75, 3.05) is 11.6 Å². The van der Waals surface area contributed by atoms with Crippen molar-refractivity contribution in [2.24, 2.45) is 11.6 Å². The second-order valence-corrected chi connectivity index (χ2v) is 7.93. The molecule has 3 rings (SSSR count). The van der Waals surface area contributed by atoms with Gasteiger partial charge in [-0.3, -0.25) is 5.41 Å². The fraction of sp³-hybridized carbons (Fsp3) is 0.409. The molecule has 0 aliphatic carbocycles. The highest BCUT2D eigenvalue weighted by Gasteiger charge is 2.34. The van der Waals surface area contributed by atoms with Crippen LogP contribution in [0.15, 0.2) is 24.3 Å². The van der Waals surface area contributed by atoms with Gasteiger partial charge in [-0.05, 0) is 81.5 Å². The van der Waals surface area contributed by atoms with Gasteiger partial charge < -0.3 is 20.3 Å². The molecule has 1 aliphatic rings. The number of halogens is 1. The number of nitrogens with two attached hydrogens (primary N) is 2. The van der Waals surface area contributed by atoms with Crippen LogP contribution >= 0.6 is 24.0 Å². The van der Waals surface area contributed by atoms with Crippen LogP contribution in [0.5, 0.6) is 17.2 Å². The zero-order chi connectivity index (χ0) is 21.3. The highest BCUT2D eigenvalue weighted by molar-refractivity contribution is 14.0. The van der Waals surface area contributed by atoms with Crippen LogP contribution in [0.1, 0.15) is 42.0 Å². The van der Waals surface area contributed by atoms with Crippen molar-refractivity contribution in [3.8, 4) is 17.2 Å². The third-order valence-electron chi connectivity index (χ3n) is 5.87. The van der Waals surface area contributed by atoms with Crippen LogP contribution in [0.3, 0.4) is 0 Å². The predicted molar refractivity (Wildman–Crippen MR) is 130 cm³/mol. The largest absolute Gasteiger partial charge is 0.507 e. The van der Waals surface area contributed by atoms with E-state index in [4.69, 9.17) is 26.5 Å². The summed E-state index contributed by atoms with van der Waals surface area (Å²) in [7, 11) is 0. The lowest BCUT2D eigenvalue weighted by Crippen LogP contribution is -2.42. The number of benzene rings is 2. The maximum absolute atomic E-state index is 10.3. The van der Waals surface area contributed by atoms with Crippen molar-refractivity contribution in [1.82, 2.24) is 0 Å². The Morgan fingerprint density at radius 2 is 1.83 bits per heavy atom. The van der Waals surface area contributed by atoms with Gasteiger partial charge in [-0.2, -0.15) is 0 Å². The second-order valence-electron chi connectivity index (χ2n) is 7.93. The van der Waals surface area contributed by atoms with Crippen LogP contribution in [-0.4, -0.2) is 23.3 Å². The summed E-state index contributed by atoms with van der Waals surface area (Å²) in [6.45, 7) is 8.50. The quantitative estimate of drug-likeness (QED) is 0.154. The Hall–Kier alpha value is -2.20. The number of hydrogen-bond donors (Lipinski definition) is 4. The smallest absolute Gasteiger partial charge is 0.207 e. The first-order chi connectivity index (χ1) is 13.6. The summed E-state index contributed by atoms with van der Waals surface area (Å²) in [4.78, 5) is 0. The second kappa shape index (κ2) is 9.30. The van der Waals surface area contributed by atoms with E-state index < -0.39 is 0 Å². The standard InChI is InChI=1S/C22H30N4O3.HI/c1-13-14(2)20-18(15(3)19(13)27)9-10-22(4,29-20)11-12-28-17-7-5-16(6-8-17)26(25)21(23)24;/h5-8,27H,9-12,25H2,1-4H3,(H3,23,24);1H. The molecule has 0 saturated heterocycles. The monoisotopic (exact) mass is 526 g/mol. The summed E-state index contributed by atoms with van der Waals surface area (Å²) in [5.41, 5.74) is 9.58. The van der Waals surface area contributed by atoms with Crippen LogP contribution in [0.4, 0.5) is 5.69 Å². The van der Waals surface area contributed by atoms with E-state index in [-0.39, 0.29) is 35.5 Å². The minimum absolute atomic E-state index is 0. The molecule has 2 aromatic carbocycles. The zero-order valence-corrected chi connectivity index (χ0v) is 20.2. The van der Waals surface area contributed by atoms with E-state index in [1.165, 1.54) is 0 Å². The molecular formula is C22H31IN4O3. The van der Waals surface area contributed by atoms with Crippen LogP contribution in [0, 0.1) is 26.2 Å². The number of anilines is 1. The van der Waals surface area contributed by atoms with Gasteiger partial charge in [-0.1, -0.05) is 0 Å². The molecule has 0 aromatic heterocycles. The Bertz CT molecular complexity index is 933. The molecule has 0 bridgehead atoms. The lowest BCUT2D eigenvalue weighted by molar-refractivity contribution is 0.0412. The normalized spacial score (nSPS) is 17.4. The molecule has 30 heavy (non-hydrogen) atoms. The van der Waals surface area contributed by atoms with Crippen LogP contribution in [0.25, 0.3) is 0 Å². The molecule has 0 spiro atoms. The van der Waals surface area contributed by atoms with E-state index in [1.807, 2.05) is 20.8 Å². The maximum atomic E-state index is 10.3. The molecule has 1 unspecified atom stereocenters. The van der Waals surface area contributed by atoms with Crippen molar-refractivity contribution >= 4 is 35.6 Å². The van der Waals surface area contributed by atoms with Gasteiger partial charge in [0.05, 0.1) is 12.3 Å². The summed E-state index contributed by atoms with van der Waals surface area (Å²) in [5, 5.41) is 18.8. The van der Waals surface area contributed by atoms with Gasteiger partial charge in [0.15, 0.2) is 0 Å². The number of aromatic hydroxyl groups is 1. The van der Waals surface area contributed by atoms with E-state index in [1.54, 1.807) is 24.3 Å². The summed E-state index contributed by atoms with van der Waals surface area (Å²) in [5.74, 6) is 7.47. The Balaban J connectivity index is 0.00000320. The van der Waals surface area contributed by atoms with E-state index in [0.717, 1.165) is 58.0 Å². The average Bonchev–Trinajstić information content (AvgIpc) is 2.70. The number of ether oxygens (including phenoxy) is 2. The molecule has 0 radical (unpaired) electrons. The van der Waals surface area contributed by atoms with E-state index in [2.05, 4.69) is 6.92 Å². The minimum Gasteiger partial charge on any atom is -0.507 e. The fourth-order valence-corrected chi connectivity index (χ4v) is 3.70. The molecule has 164 valence electrons. The molecule has 7 nitrogen and oxygen atoms in total. The van der Waals surface area contributed by atoms with Gasteiger partial charge in [0.25, 0.3) is 0 Å². The first-order valence-corrected chi connectivity index (χ1v) is 9.75. The number of phenols is 1. The average molecular weight is 526 g/mol. The zero-order valence-electron chi connectivity index (χ0n) is 17.9. The van der Waals surface area contributed by atoms with E-state index >= 15 is 0 Å². The number of guanidine groups is 1. The number of rotatable bonds is 5. The highest BCUT2D eigenvalue weighted by atomic mass is 127. The molecule has 1 aliphatic heterocycles. The number of nitrogens with one attached hydrogen (secondary N) is 1. The first kappa shape index (κ1) is 24.1. The van der Waals surface area contributed by atoms with Crippen molar-refractivity contribution in [3.63, 3.8) is 0 Å². The first-order valence-electron chi connectivity index (χ1n) is 9.75. The molecule has 8 heteroatoms. The Labute approximate surface area is 194 Å². The molecule has 2 aromatic rings. The van der Waals surface area contributed by atoms with Crippen molar-refractivity contribution < 1.29 is 14.6 Å². The predicted octanol–water partition coefficient (Wildman–Crippen LogP) is 4.06. The van der Waals surface area contributed by atoms with Gasteiger partial charge in [-0.25, -0.2) is 10.9 Å². The molecule has 1 heterocycles. The van der Waals surface area contributed by atoms with Crippen LogP contribution < -0.4 is 26.1 Å². The Kier molecular flexibility index (Phi) is 7.46. The minimum atomic E-state index is -0.323. The Morgan fingerprint density at radius 1 is 1.20 bits per heavy atom. The van der Waals surface area contributed by atoms with Gasteiger partial charge in [0, 0.05) is 12.0 Å². The van der Waals surface area contributed by atoms with Crippen molar-refractivity contribution in [3.05, 3.63) is 46.5 Å². The topological polar surface area (TPSA) is 118 Å². The van der Waals surface area contributed by atoms with Gasteiger partial charge in [0.1, 0.15) is 22.8 Å². The van der Waals surface area contributed by atoms with Gasteiger partial charge in [0.2, 0.25) is 5.96 Å². The number of hydrazine groups is 1. The van der Waals surface area contributed by atoms with Crippen LogP contribution in [-0.2, 0) is 6.42 Å². The maximum Gasteiger partial charge on any atom is 0.207 e.